The Morgan fingerprint density at radius 3 is 2.89 bits per heavy atom. The predicted molar refractivity (Wildman–Crippen MR) is 68.5 cm³/mol. The number of rotatable bonds is 4. The van der Waals surface area contributed by atoms with Crippen LogP contribution in [0.25, 0.3) is 0 Å². The van der Waals surface area contributed by atoms with E-state index in [1.807, 2.05) is 12.1 Å². The second kappa shape index (κ2) is 6.39. The van der Waals surface area contributed by atoms with Gasteiger partial charge in [0.05, 0.1) is 24.8 Å². The SMILES string of the molecule is C[C@H]1COCCN1CCOc1ccc(C#N)cc1. The molecular formula is C14H18N2O2. The minimum absolute atomic E-state index is 0.461. The monoisotopic (exact) mass is 246 g/mol. The maximum atomic E-state index is 8.69. The number of ether oxygens (including phenoxy) is 2. The fourth-order valence-electron chi connectivity index (χ4n) is 2.00. The molecule has 0 bridgehead atoms. The molecule has 0 unspecified atom stereocenters. The smallest absolute Gasteiger partial charge is 0.119 e. The van der Waals surface area contributed by atoms with E-state index in [0.29, 0.717) is 18.2 Å². The summed E-state index contributed by atoms with van der Waals surface area (Å²) in [5, 5.41) is 8.69. The van der Waals surface area contributed by atoms with Gasteiger partial charge in [-0.05, 0) is 31.2 Å². The Morgan fingerprint density at radius 1 is 1.44 bits per heavy atom. The Bertz CT molecular complexity index is 411. The van der Waals surface area contributed by atoms with Crippen molar-refractivity contribution < 1.29 is 9.47 Å². The lowest BCUT2D eigenvalue weighted by molar-refractivity contribution is -0.00514. The number of nitriles is 1. The zero-order valence-electron chi connectivity index (χ0n) is 10.6. The standard InChI is InChI=1S/C14H18N2O2/c1-12-11-17-8-6-16(12)7-9-18-14-4-2-13(10-15)3-5-14/h2-5,12H,6-9,11H2,1H3/t12-/m0/s1. The molecule has 0 spiro atoms. The molecule has 1 aliphatic rings. The van der Waals surface area contributed by atoms with Crippen LogP contribution in [0.15, 0.2) is 24.3 Å². The van der Waals surface area contributed by atoms with Crippen molar-refractivity contribution in [2.24, 2.45) is 0 Å². The quantitative estimate of drug-likeness (QED) is 0.810. The highest BCUT2D eigenvalue weighted by Gasteiger charge is 2.17. The highest BCUT2D eigenvalue weighted by molar-refractivity contribution is 5.34. The maximum absolute atomic E-state index is 8.69. The van der Waals surface area contributed by atoms with Gasteiger partial charge in [-0.15, -0.1) is 0 Å². The first-order valence-corrected chi connectivity index (χ1v) is 6.24. The lowest BCUT2D eigenvalue weighted by Crippen LogP contribution is -2.45. The molecule has 18 heavy (non-hydrogen) atoms. The van der Waals surface area contributed by atoms with Gasteiger partial charge in [-0.2, -0.15) is 5.26 Å². The highest BCUT2D eigenvalue weighted by atomic mass is 16.5. The van der Waals surface area contributed by atoms with E-state index in [1.54, 1.807) is 12.1 Å². The molecule has 1 aromatic carbocycles. The number of hydrogen-bond donors (Lipinski definition) is 0. The molecule has 1 aromatic rings. The third-order valence-electron chi connectivity index (χ3n) is 3.14. The van der Waals surface area contributed by atoms with E-state index in [-0.39, 0.29) is 0 Å². The maximum Gasteiger partial charge on any atom is 0.119 e. The lowest BCUT2D eigenvalue weighted by atomic mass is 10.2. The largest absolute Gasteiger partial charge is 0.492 e. The Balaban J connectivity index is 1.75. The Labute approximate surface area is 108 Å². The van der Waals surface area contributed by atoms with Crippen molar-refractivity contribution in [1.82, 2.24) is 4.90 Å². The van der Waals surface area contributed by atoms with Crippen LogP contribution in [0.3, 0.4) is 0 Å². The third-order valence-corrected chi connectivity index (χ3v) is 3.14. The van der Waals surface area contributed by atoms with Crippen LogP contribution >= 0.6 is 0 Å². The van der Waals surface area contributed by atoms with Gasteiger partial charge >= 0.3 is 0 Å². The molecule has 0 N–H and O–H groups in total. The summed E-state index contributed by atoms with van der Waals surface area (Å²) in [6.07, 6.45) is 0. The minimum Gasteiger partial charge on any atom is -0.492 e. The van der Waals surface area contributed by atoms with Crippen LogP contribution < -0.4 is 4.74 Å². The van der Waals surface area contributed by atoms with Crippen molar-refractivity contribution in [3.05, 3.63) is 29.8 Å². The second-order valence-electron chi connectivity index (χ2n) is 4.44. The molecule has 2 rings (SSSR count). The normalized spacial score (nSPS) is 20.3. The van der Waals surface area contributed by atoms with Crippen LogP contribution in [0.5, 0.6) is 5.75 Å². The molecule has 1 heterocycles. The van der Waals surface area contributed by atoms with Crippen LogP contribution in [-0.4, -0.2) is 43.9 Å². The molecular weight excluding hydrogens is 228 g/mol. The Kier molecular flexibility index (Phi) is 4.57. The highest BCUT2D eigenvalue weighted by Crippen LogP contribution is 2.12. The van der Waals surface area contributed by atoms with E-state index in [0.717, 1.165) is 32.1 Å². The van der Waals surface area contributed by atoms with Crippen molar-refractivity contribution >= 4 is 0 Å². The lowest BCUT2D eigenvalue weighted by Gasteiger charge is -2.32. The molecule has 96 valence electrons. The van der Waals surface area contributed by atoms with Crippen LogP contribution in [0.4, 0.5) is 0 Å². The summed E-state index contributed by atoms with van der Waals surface area (Å²) in [6, 6.07) is 9.76. The van der Waals surface area contributed by atoms with Gasteiger partial charge in [0.1, 0.15) is 12.4 Å². The van der Waals surface area contributed by atoms with Crippen molar-refractivity contribution in [1.29, 1.82) is 5.26 Å². The molecule has 1 atom stereocenters. The average Bonchev–Trinajstić information content (AvgIpc) is 2.42. The summed E-state index contributed by atoms with van der Waals surface area (Å²) in [5.41, 5.74) is 0.657. The van der Waals surface area contributed by atoms with E-state index in [1.165, 1.54) is 0 Å². The van der Waals surface area contributed by atoms with E-state index in [2.05, 4.69) is 17.9 Å². The molecule has 0 radical (unpaired) electrons. The Hall–Kier alpha value is -1.57. The van der Waals surface area contributed by atoms with E-state index in [9.17, 15) is 0 Å². The average molecular weight is 246 g/mol. The fourth-order valence-corrected chi connectivity index (χ4v) is 2.00. The van der Waals surface area contributed by atoms with Gasteiger partial charge in [0, 0.05) is 19.1 Å². The van der Waals surface area contributed by atoms with Crippen molar-refractivity contribution in [2.75, 3.05) is 32.9 Å². The first kappa shape index (κ1) is 12.9. The minimum atomic E-state index is 0.461. The summed E-state index contributed by atoms with van der Waals surface area (Å²) in [7, 11) is 0. The summed E-state index contributed by atoms with van der Waals surface area (Å²) in [5.74, 6) is 0.815. The Morgan fingerprint density at radius 2 is 2.22 bits per heavy atom. The van der Waals surface area contributed by atoms with Crippen molar-refractivity contribution in [3.63, 3.8) is 0 Å². The summed E-state index contributed by atoms with van der Waals surface area (Å²) >= 11 is 0. The molecule has 0 saturated carbocycles. The molecule has 1 aliphatic heterocycles. The van der Waals surface area contributed by atoms with Gasteiger partial charge in [-0.1, -0.05) is 0 Å². The van der Waals surface area contributed by atoms with E-state index >= 15 is 0 Å². The summed E-state index contributed by atoms with van der Waals surface area (Å²) in [4.78, 5) is 2.37. The van der Waals surface area contributed by atoms with Gasteiger partial charge < -0.3 is 9.47 Å². The van der Waals surface area contributed by atoms with E-state index < -0.39 is 0 Å². The third kappa shape index (κ3) is 3.46. The molecule has 4 heteroatoms. The molecule has 0 aliphatic carbocycles. The zero-order chi connectivity index (χ0) is 12.8. The van der Waals surface area contributed by atoms with Crippen molar-refractivity contribution in [2.45, 2.75) is 13.0 Å². The summed E-state index contributed by atoms with van der Waals surface area (Å²) in [6.45, 7) is 6.32. The number of morpholine rings is 1. The van der Waals surface area contributed by atoms with Gasteiger partial charge in [0.25, 0.3) is 0 Å². The molecule has 1 saturated heterocycles. The molecule has 0 amide bonds. The van der Waals surface area contributed by atoms with Crippen molar-refractivity contribution in [3.8, 4) is 11.8 Å². The number of benzene rings is 1. The molecule has 1 fully saturated rings. The first-order valence-electron chi connectivity index (χ1n) is 6.24. The van der Waals surface area contributed by atoms with Gasteiger partial charge in [-0.25, -0.2) is 0 Å². The van der Waals surface area contributed by atoms with Crippen LogP contribution in [0, 0.1) is 11.3 Å². The number of nitrogens with zero attached hydrogens (tertiary/aromatic N) is 2. The molecule has 4 nitrogen and oxygen atoms in total. The topological polar surface area (TPSA) is 45.5 Å². The predicted octanol–water partition coefficient (Wildman–Crippen LogP) is 1.66. The van der Waals surface area contributed by atoms with Crippen LogP contribution in [-0.2, 0) is 4.74 Å². The zero-order valence-corrected chi connectivity index (χ0v) is 10.6. The fraction of sp³-hybridized carbons (Fsp3) is 0.500. The van der Waals surface area contributed by atoms with E-state index in [4.69, 9.17) is 14.7 Å². The second-order valence-corrected chi connectivity index (χ2v) is 4.44. The van der Waals surface area contributed by atoms with Crippen LogP contribution in [0.1, 0.15) is 12.5 Å². The van der Waals surface area contributed by atoms with Gasteiger partial charge in [0.2, 0.25) is 0 Å². The summed E-state index contributed by atoms with van der Waals surface area (Å²) < 4.78 is 11.1. The number of hydrogen-bond acceptors (Lipinski definition) is 4. The van der Waals surface area contributed by atoms with Gasteiger partial charge in [-0.3, -0.25) is 4.90 Å². The first-order chi connectivity index (χ1) is 8.79. The van der Waals surface area contributed by atoms with Crippen LogP contribution in [0.2, 0.25) is 0 Å². The molecule has 0 aromatic heterocycles. The van der Waals surface area contributed by atoms with Gasteiger partial charge in [0.15, 0.2) is 0 Å².